The maximum absolute atomic E-state index is 8.60. The quantitative estimate of drug-likeness (QED) is 0.341. The Kier molecular flexibility index (Phi) is 4.34. The van der Waals surface area contributed by atoms with Crippen LogP contribution in [0, 0.1) is 0 Å². The molecule has 0 heterocycles. The summed E-state index contributed by atoms with van der Waals surface area (Å²) in [5.41, 5.74) is 1.64. The largest absolute Gasteiger partial charge is 0.411 e. The van der Waals surface area contributed by atoms with Gasteiger partial charge in [0.1, 0.15) is 11.5 Å². The third kappa shape index (κ3) is 3.42. The molecule has 2 N–H and O–H groups in total. The second kappa shape index (κ2) is 5.80. The van der Waals surface area contributed by atoms with Gasteiger partial charge in [0.25, 0.3) is 0 Å². The van der Waals surface area contributed by atoms with Crippen molar-refractivity contribution < 1.29 is 5.21 Å². The summed E-state index contributed by atoms with van der Waals surface area (Å²) in [6.07, 6.45) is 0. The zero-order valence-corrected chi connectivity index (χ0v) is 8.94. The predicted octanol–water partition coefficient (Wildman–Crippen LogP) is 1.65. The van der Waals surface area contributed by atoms with Gasteiger partial charge >= 0.3 is 0 Å². The average molecular weight is 205 g/mol. The van der Waals surface area contributed by atoms with Crippen LogP contribution in [0.3, 0.4) is 0 Å². The van der Waals surface area contributed by atoms with Crippen LogP contribution in [0.25, 0.3) is 0 Å². The van der Waals surface area contributed by atoms with Gasteiger partial charge in [-0.3, -0.25) is 4.99 Å². The van der Waals surface area contributed by atoms with E-state index < -0.39 is 0 Å². The molecule has 0 saturated heterocycles. The molecule has 0 bridgehead atoms. The van der Waals surface area contributed by atoms with Gasteiger partial charge in [-0.25, -0.2) is 0 Å². The van der Waals surface area contributed by atoms with Crippen molar-refractivity contribution >= 4 is 11.5 Å². The van der Waals surface area contributed by atoms with Gasteiger partial charge in [0.2, 0.25) is 0 Å². The van der Waals surface area contributed by atoms with Crippen molar-refractivity contribution in [2.45, 2.75) is 13.5 Å². The number of nitrogens with one attached hydrogen (secondary N) is 1. The Balaban J connectivity index is 2.57. The van der Waals surface area contributed by atoms with E-state index in [2.05, 4.69) is 15.5 Å². The second-order valence-electron chi connectivity index (χ2n) is 3.10. The van der Waals surface area contributed by atoms with Crippen LogP contribution in [0.5, 0.6) is 0 Å². The molecule has 80 valence electrons. The summed E-state index contributed by atoms with van der Waals surface area (Å²) in [7, 11) is 1.65. The molecule has 4 nitrogen and oxygen atoms in total. The van der Waals surface area contributed by atoms with E-state index in [1.807, 2.05) is 30.3 Å². The minimum atomic E-state index is 0.480. The van der Waals surface area contributed by atoms with E-state index in [1.54, 1.807) is 14.0 Å². The summed E-state index contributed by atoms with van der Waals surface area (Å²) in [6.45, 7) is 2.36. The number of hydrogen-bond acceptors (Lipinski definition) is 3. The fraction of sp³-hybridized carbons (Fsp3) is 0.273. The molecule has 15 heavy (non-hydrogen) atoms. The van der Waals surface area contributed by atoms with Gasteiger partial charge in [-0.15, -0.1) is 0 Å². The zero-order valence-electron chi connectivity index (χ0n) is 8.94. The van der Waals surface area contributed by atoms with Crippen molar-refractivity contribution in [3.05, 3.63) is 35.9 Å². The van der Waals surface area contributed by atoms with Gasteiger partial charge < -0.3 is 10.5 Å². The number of oxime groups is 1. The summed E-state index contributed by atoms with van der Waals surface area (Å²) < 4.78 is 0. The Morgan fingerprint density at radius 3 is 2.53 bits per heavy atom. The standard InChI is InChI=1S/C11H15N3O/c1-9(14-15)11(12-2)13-8-10-6-4-3-5-7-10/h3-7,15H,8H2,1-2H3,(H,12,13). The maximum atomic E-state index is 8.60. The third-order valence-electron chi connectivity index (χ3n) is 2.02. The summed E-state index contributed by atoms with van der Waals surface area (Å²) in [5, 5.41) is 14.8. The van der Waals surface area contributed by atoms with E-state index in [0.717, 1.165) is 5.56 Å². The molecule has 0 fully saturated rings. The molecule has 4 heteroatoms. The first-order chi connectivity index (χ1) is 7.27. The van der Waals surface area contributed by atoms with Gasteiger partial charge in [0.05, 0.1) is 0 Å². The first-order valence-electron chi connectivity index (χ1n) is 4.71. The third-order valence-corrected chi connectivity index (χ3v) is 2.02. The first-order valence-corrected chi connectivity index (χ1v) is 4.71. The lowest BCUT2D eigenvalue weighted by Gasteiger charge is -2.07. The molecule has 0 saturated carbocycles. The van der Waals surface area contributed by atoms with E-state index in [1.165, 1.54) is 0 Å². The minimum Gasteiger partial charge on any atom is -0.411 e. The number of nitrogens with zero attached hydrogens (tertiary/aromatic N) is 2. The SMILES string of the molecule is CN=C(NCc1ccccc1)C(C)=NO. The average Bonchev–Trinajstić information content (AvgIpc) is 2.31. The predicted molar refractivity (Wildman–Crippen MR) is 61.5 cm³/mol. The smallest absolute Gasteiger partial charge is 0.146 e. The number of rotatable bonds is 3. The zero-order chi connectivity index (χ0) is 11.1. The molecule has 1 aromatic carbocycles. The lowest BCUT2D eigenvalue weighted by Crippen LogP contribution is -2.29. The van der Waals surface area contributed by atoms with Crippen molar-refractivity contribution in [1.82, 2.24) is 5.32 Å². The van der Waals surface area contributed by atoms with Crippen LogP contribution in [0.2, 0.25) is 0 Å². The lowest BCUT2D eigenvalue weighted by atomic mass is 10.2. The molecular formula is C11H15N3O. The molecule has 0 aliphatic rings. The van der Waals surface area contributed by atoms with Gasteiger partial charge in [0, 0.05) is 13.6 Å². The Labute approximate surface area is 89.3 Å². The Hall–Kier alpha value is -1.84. The van der Waals surface area contributed by atoms with Gasteiger partial charge in [0.15, 0.2) is 0 Å². The topological polar surface area (TPSA) is 57.0 Å². The van der Waals surface area contributed by atoms with Crippen LogP contribution in [0.15, 0.2) is 40.5 Å². The number of hydrogen-bond donors (Lipinski definition) is 2. The maximum Gasteiger partial charge on any atom is 0.146 e. The van der Waals surface area contributed by atoms with Crippen LogP contribution in [-0.2, 0) is 6.54 Å². The van der Waals surface area contributed by atoms with E-state index in [9.17, 15) is 0 Å². The van der Waals surface area contributed by atoms with E-state index >= 15 is 0 Å². The van der Waals surface area contributed by atoms with Crippen molar-refractivity contribution in [1.29, 1.82) is 0 Å². The molecule has 1 rings (SSSR count). The molecule has 0 atom stereocenters. The van der Waals surface area contributed by atoms with Gasteiger partial charge in [-0.2, -0.15) is 0 Å². The van der Waals surface area contributed by atoms with E-state index in [0.29, 0.717) is 18.1 Å². The molecule has 0 aliphatic heterocycles. The highest BCUT2D eigenvalue weighted by Crippen LogP contribution is 1.97. The highest BCUT2D eigenvalue weighted by Gasteiger charge is 2.02. The molecule has 0 unspecified atom stereocenters. The van der Waals surface area contributed by atoms with Crippen molar-refractivity contribution in [3.8, 4) is 0 Å². The van der Waals surface area contributed by atoms with Gasteiger partial charge in [-0.1, -0.05) is 35.5 Å². The highest BCUT2D eigenvalue weighted by atomic mass is 16.4. The number of aliphatic imine (C=N–C) groups is 1. The summed E-state index contributed by atoms with van der Waals surface area (Å²) in [5.74, 6) is 0.598. The Bertz CT molecular complexity index is 357. The van der Waals surface area contributed by atoms with E-state index in [4.69, 9.17) is 5.21 Å². The normalized spacial score (nSPS) is 12.7. The fourth-order valence-corrected chi connectivity index (χ4v) is 1.20. The molecule has 0 spiro atoms. The van der Waals surface area contributed by atoms with Crippen LogP contribution < -0.4 is 5.32 Å². The second-order valence-corrected chi connectivity index (χ2v) is 3.10. The summed E-state index contributed by atoms with van der Waals surface area (Å²) in [6, 6.07) is 9.97. The van der Waals surface area contributed by atoms with Crippen molar-refractivity contribution in [3.63, 3.8) is 0 Å². The minimum absolute atomic E-state index is 0.480. The fourth-order valence-electron chi connectivity index (χ4n) is 1.20. The van der Waals surface area contributed by atoms with Crippen LogP contribution in [0.1, 0.15) is 12.5 Å². The number of amidine groups is 1. The molecule has 0 aliphatic carbocycles. The van der Waals surface area contributed by atoms with E-state index in [-0.39, 0.29) is 0 Å². The molecule has 0 radical (unpaired) electrons. The van der Waals surface area contributed by atoms with Crippen LogP contribution in [0.4, 0.5) is 0 Å². The number of benzene rings is 1. The van der Waals surface area contributed by atoms with Crippen LogP contribution in [-0.4, -0.2) is 23.8 Å². The summed E-state index contributed by atoms with van der Waals surface area (Å²) in [4.78, 5) is 3.99. The van der Waals surface area contributed by atoms with Gasteiger partial charge in [-0.05, 0) is 12.5 Å². The molecular weight excluding hydrogens is 190 g/mol. The first kappa shape index (κ1) is 11.2. The Morgan fingerprint density at radius 1 is 1.33 bits per heavy atom. The molecule has 0 aromatic heterocycles. The molecule has 0 amide bonds. The molecule has 1 aromatic rings. The lowest BCUT2D eigenvalue weighted by molar-refractivity contribution is 0.319. The monoisotopic (exact) mass is 205 g/mol. The van der Waals surface area contributed by atoms with Crippen molar-refractivity contribution in [2.24, 2.45) is 10.1 Å². The highest BCUT2D eigenvalue weighted by molar-refractivity contribution is 6.40. The van der Waals surface area contributed by atoms with Crippen molar-refractivity contribution in [2.75, 3.05) is 7.05 Å². The van der Waals surface area contributed by atoms with Crippen LogP contribution >= 0.6 is 0 Å². The Morgan fingerprint density at radius 2 is 2.00 bits per heavy atom. The summed E-state index contributed by atoms with van der Waals surface area (Å²) >= 11 is 0.